The van der Waals surface area contributed by atoms with E-state index in [2.05, 4.69) is 15.5 Å². The van der Waals surface area contributed by atoms with Crippen LogP contribution < -0.4 is 5.32 Å². The lowest BCUT2D eigenvalue weighted by Gasteiger charge is -2.10. The summed E-state index contributed by atoms with van der Waals surface area (Å²) in [6, 6.07) is 9.59. The minimum absolute atomic E-state index is 0.0520. The van der Waals surface area contributed by atoms with E-state index >= 15 is 0 Å². The van der Waals surface area contributed by atoms with Crippen molar-refractivity contribution in [1.82, 2.24) is 15.5 Å². The third-order valence-corrected chi connectivity index (χ3v) is 6.17. The van der Waals surface area contributed by atoms with Crippen molar-refractivity contribution >= 4 is 51.7 Å². The van der Waals surface area contributed by atoms with Gasteiger partial charge in [-0.1, -0.05) is 53.1 Å². The van der Waals surface area contributed by atoms with Gasteiger partial charge >= 0.3 is 0 Å². The number of rotatable bonds is 6. The van der Waals surface area contributed by atoms with Gasteiger partial charge in [0.25, 0.3) is 0 Å². The summed E-state index contributed by atoms with van der Waals surface area (Å²) in [6.07, 6.45) is 1.96. The summed E-state index contributed by atoms with van der Waals surface area (Å²) in [4.78, 5) is 12.1. The van der Waals surface area contributed by atoms with E-state index in [1.807, 2.05) is 43.5 Å². The molecule has 0 spiro atoms. The van der Waals surface area contributed by atoms with Crippen molar-refractivity contribution in [1.29, 1.82) is 0 Å². The second kappa shape index (κ2) is 7.37. The molecule has 0 aliphatic heterocycles. The number of fused-ring (bicyclic) bond motifs is 1. The number of nitrogens with zero attached hydrogens (tertiary/aromatic N) is 2. The molecule has 0 bridgehead atoms. The Labute approximate surface area is 146 Å². The Hall–Kier alpha value is -1.51. The third kappa shape index (κ3) is 4.07. The fourth-order valence-electron chi connectivity index (χ4n) is 2.04. The first-order valence-electron chi connectivity index (χ1n) is 6.94. The monoisotopic (exact) mass is 365 g/mol. The van der Waals surface area contributed by atoms with Crippen molar-refractivity contribution < 1.29 is 9.21 Å². The van der Waals surface area contributed by atoms with Gasteiger partial charge in [-0.2, -0.15) is 0 Å². The number of carbonyl (C=O) groups is 1. The fraction of sp³-hybridized carbons (Fsp3) is 0.267. The number of aromatic nitrogens is 2. The van der Waals surface area contributed by atoms with E-state index in [0.717, 1.165) is 25.4 Å². The molecule has 2 aromatic heterocycles. The van der Waals surface area contributed by atoms with Gasteiger partial charge in [-0.3, -0.25) is 4.79 Å². The smallest absolute Gasteiger partial charge is 0.231 e. The molecule has 23 heavy (non-hydrogen) atoms. The second-order valence-corrected chi connectivity index (χ2v) is 8.06. The summed E-state index contributed by atoms with van der Waals surface area (Å²) in [6.45, 7) is 1.91. The fourth-order valence-corrected chi connectivity index (χ4v) is 4.28. The summed E-state index contributed by atoms with van der Waals surface area (Å²) < 4.78 is 7.48. The van der Waals surface area contributed by atoms with E-state index in [4.69, 9.17) is 4.42 Å². The van der Waals surface area contributed by atoms with Crippen LogP contribution in [0.3, 0.4) is 0 Å². The molecule has 0 saturated heterocycles. The molecule has 5 nitrogen and oxygen atoms in total. The van der Waals surface area contributed by atoms with Crippen LogP contribution in [0.2, 0.25) is 0 Å². The first-order valence-corrected chi connectivity index (χ1v) is 9.96. The molecule has 1 amide bonds. The summed E-state index contributed by atoms with van der Waals surface area (Å²) in [7, 11) is 0. The van der Waals surface area contributed by atoms with Gasteiger partial charge in [0.2, 0.25) is 5.91 Å². The minimum atomic E-state index is -0.174. The molecule has 0 fully saturated rings. The van der Waals surface area contributed by atoms with Gasteiger partial charge in [-0.05, 0) is 25.3 Å². The van der Waals surface area contributed by atoms with Crippen molar-refractivity contribution in [2.45, 2.75) is 21.6 Å². The highest BCUT2D eigenvalue weighted by Crippen LogP contribution is 2.27. The molecule has 2 heterocycles. The second-order valence-electron chi connectivity index (χ2n) is 4.80. The normalized spacial score (nSPS) is 12.4. The summed E-state index contributed by atoms with van der Waals surface area (Å²) in [5.74, 6) is 1.02. The molecule has 8 heteroatoms. The maximum Gasteiger partial charge on any atom is 0.231 e. The van der Waals surface area contributed by atoms with Gasteiger partial charge in [0, 0.05) is 5.39 Å². The Morgan fingerprint density at radius 1 is 1.35 bits per heavy atom. The van der Waals surface area contributed by atoms with Crippen molar-refractivity contribution in [2.75, 3.05) is 12.0 Å². The van der Waals surface area contributed by atoms with Crippen LogP contribution in [0.15, 0.2) is 43.4 Å². The molecule has 0 radical (unpaired) electrons. The molecule has 0 aliphatic rings. The van der Waals surface area contributed by atoms with Gasteiger partial charge < -0.3 is 9.73 Å². The van der Waals surface area contributed by atoms with Gasteiger partial charge in [-0.25, -0.2) is 0 Å². The standard InChI is InChI=1S/C15H15N3O2S3/c1-9(12-7-10-5-3-4-6-11(10)20-12)16-13(19)8-22-15-18-17-14(21-2)23-15/h3-7,9H,8H2,1-2H3,(H,16,19). The van der Waals surface area contributed by atoms with Crippen LogP contribution in [0.1, 0.15) is 18.7 Å². The summed E-state index contributed by atoms with van der Waals surface area (Å²) in [5, 5.41) is 12.0. The molecule has 1 N–H and O–H groups in total. The molecule has 120 valence electrons. The van der Waals surface area contributed by atoms with Gasteiger partial charge in [0.15, 0.2) is 8.68 Å². The van der Waals surface area contributed by atoms with Crippen molar-refractivity contribution in [3.8, 4) is 0 Å². The Kier molecular flexibility index (Phi) is 5.24. The van der Waals surface area contributed by atoms with E-state index < -0.39 is 0 Å². The lowest BCUT2D eigenvalue weighted by Crippen LogP contribution is -2.27. The van der Waals surface area contributed by atoms with Crippen LogP contribution >= 0.6 is 34.9 Å². The number of furan rings is 1. The van der Waals surface area contributed by atoms with Crippen LogP contribution in [0.25, 0.3) is 11.0 Å². The third-order valence-electron chi connectivity index (χ3n) is 3.14. The lowest BCUT2D eigenvalue weighted by atomic mass is 10.2. The number of hydrogen-bond donors (Lipinski definition) is 1. The van der Waals surface area contributed by atoms with E-state index in [1.165, 1.54) is 23.1 Å². The molecule has 3 rings (SSSR count). The van der Waals surface area contributed by atoms with Gasteiger partial charge in [-0.15, -0.1) is 10.2 Å². The van der Waals surface area contributed by atoms with Gasteiger partial charge in [0.1, 0.15) is 11.3 Å². The Balaban J connectivity index is 1.56. The van der Waals surface area contributed by atoms with E-state index in [-0.39, 0.29) is 11.9 Å². The number of thioether (sulfide) groups is 2. The molecule has 3 aromatic rings. The topological polar surface area (TPSA) is 68.0 Å². The average molecular weight is 366 g/mol. The zero-order valence-electron chi connectivity index (χ0n) is 12.6. The number of carbonyl (C=O) groups excluding carboxylic acids is 1. The molecule has 0 aliphatic carbocycles. The minimum Gasteiger partial charge on any atom is -0.459 e. The molecule has 1 atom stereocenters. The van der Waals surface area contributed by atoms with Crippen molar-refractivity contribution in [3.05, 3.63) is 36.1 Å². The van der Waals surface area contributed by atoms with E-state index in [9.17, 15) is 4.79 Å². The maximum atomic E-state index is 12.1. The lowest BCUT2D eigenvalue weighted by molar-refractivity contribution is -0.119. The number of hydrogen-bond acceptors (Lipinski definition) is 7. The number of benzene rings is 1. The summed E-state index contributed by atoms with van der Waals surface area (Å²) in [5.41, 5.74) is 0.830. The number of para-hydroxylation sites is 1. The molecular weight excluding hydrogens is 350 g/mol. The van der Waals surface area contributed by atoms with Crippen molar-refractivity contribution in [3.63, 3.8) is 0 Å². The molecule has 1 unspecified atom stereocenters. The maximum absolute atomic E-state index is 12.1. The zero-order chi connectivity index (χ0) is 16.2. The van der Waals surface area contributed by atoms with E-state index in [1.54, 1.807) is 11.8 Å². The highest BCUT2D eigenvalue weighted by Gasteiger charge is 2.15. The Morgan fingerprint density at radius 2 is 2.13 bits per heavy atom. The largest absolute Gasteiger partial charge is 0.459 e. The van der Waals surface area contributed by atoms with Crippen LogP contribution in [-0.4, -0.2) is 28.1 Å². The first-order chi connectivity index (χ1) is 11.2. The Morgan fingerprint density at radius 3 is 2.87 bits per heavy atom. The SMILES string of the molecule is CSc1nnc(SCC(=O)NC(C)c2cc3ccccc3o2)s1. The molecular formula is C15H15N3O2S3. The predicted octanol–water partition coefficient (Wildman–Crippen LogP) is 3.98. The average Bonchev–Trinajstić information content (AvgIpc) is 3.19. The first kappa shape index (κ1) is 16.4. The van der Waals surface area contributed by atoms with Crippen LogP contribution in [0.5, 0.6) is 0 Å². The number of nitrogens with one attached hydrogen (secondary N) is 1. The Bertz CT molecular complexity index is 782. The van der Waals surface area contributed by atoms with Gasteiger partial charge in [0.05, 0.1) is 11.8 Å². The number of amides is 1. The zero-order valence-corrected chi connectivity index (χ0v) is 15.1. The quantitative estimate of drug-likeness (QED) is 0.667. The van der Waals surface area contributed by atoms with Crippen LogP contribution in [-0.2, 0) is 4.79 Å². The van der Waals surface area contributed by atoms with Crippen LogP contribution in [0, 0.1) is 0 Å². The molecule has 0 saturated carbocycles. The predicted molar refractivity (Wildman–Crippen MR) is 95.2 cm³/mol. The highest BCUT2D eigenvalue weighted by atomic mass is 32.2. The van der Waals surface area contributed by atoms with E-state index in [0.29, 0.717) is 5.75 Å². The molecule has 1 aromatic carbocycles. The summed E-state index contributed by atoms with van der Waals surface area (Å²) >= 11 is 4.45. The van der Waals surface area contributed by atoms with Crippen molar-refractivity contribution in [2.24, 2.45) is 0 Å². The van der Waals surface area contributed by atoms with Crippen LogP contribution in [0.4, 0.5) is 0 Å². The highest BCUT2D eigenvalue weighted by molar-refractivity contribution is 8.03.